The van der Waals surface area contributed by atoms with Crippen LogP contribution >= 0.6 is 0 Å². The Labute approximate surface area is 157 Å². The van der Waals surface area contributed by atoms with Crippen molar-refractivity contribution in [1.29, 1.82) is 0 Å². The van der Waals surface area contributed by atoms with Crippen LogP contribution in [0.15, 0.2) is 53.4 Å². The third kappa shape index (κ3) is 4.95. The van der Waals surface area contributed by atoms with E-state index in [1.165, 1.54) is 37.7 Å². The maximum atomic E-state index is 12.5. The van der Waals surface area contributed by atoms with Gasteiger partial charge in [0, 0.05) is 6.04 Å². The number of benzene rings is 2. The molecule has 1 atom stereocenters. The lowest BCUT2D eigenvalue weighted by Gasteiger charge is -2.22. The highest BCUT2D eigenvalue weighted by Crippen LogP contribution is 2.27. The summed E-state index contributed by atoms with van der Waals surface area (Å²) in [6, 6.07) is 15.1. The molecule has 4 heteroatoms. The SMILES string of the molecule is Cc1ccc(S(=O)(=O)NC(C)c2ccc(CC3CCCCC3)cc2)cc1. The summed E-state index contributed by atoms with van der Waals surface area (Å²) in [6.07, 6.45) is 7.93. The van der Waals surface area contributed by atoms with Crippen LogP contribution in [0.25, 0.3) is 0 Å². The molecule has 1 N–H and O–H groups in total. The Balaban J connectivity index is 1.63. The van der Waals surface area contributed by atoms with Crippen LogP contribution in [0, 0.1) is 12.8 Å². The predicted octanol–water partition coefficient (Wildman–Crippen LogP) is 5.16. The van der Waals surface area contributed by atoms with E-state index in [-0.39, 0.29) is 6.04 Å². The van der Waals surface area contributed by atoms with Crippen LogP contribution in [-0.2, 0) is 16.4 Å². The molecule has 3 nitrogen and oxygen atoms in total. The number of hydrogen-bond acceptors (Lipinski definition) is 2. The Kier molecular flexibility index (Phi) is 6.15. The average molecular weight is 372 g/mol. The van der Waals surface area contributed by atoms with Crippen LogP contribution in [0.5, 0.6) is 0 Å². The van der Waals surface area contributed by atoms with Gasteiger partial charge in [0.05, 0.1) is 4.90 Å². The Bertz CT molecular complexity index is 804. The lowest BCUT2D eigenvalue weighted by molar-refractivity contribution is 0.356. The fourth-order valence-electron chi connectivity index (χ4n) is 3.75. The van der Waals surface area contributed by atoms with Crippen molar-refractivity contribution in [3.8, 4) is 0 Å². The van der Waals surface area contributed by atoms with Crippen LogP contribution in [0.4, 0.5) is 0 Å². The summed E-state index contributed by atoms with van der Waals surface area (Å²) in [5.41, 5.74) is 3.40. The van der Waals surface area contributed by atoms with Gasteiger partial charge in [-0.25, -0.2) is 13.1 Å². The van der Waals surface area contributed by atoms with Crippen molar-refractivity contribution in [3.05, 3.63) is 65.2 Å². The monoisotopic (exact) mass is 371 g/mol. The molecule has 1 aliphatic carbocycles. The molecule has 0 amide bonds. The van der Waals surface area contributed by atoms with E-state index in [2.05, 4.69) is 29.0 Å². The molecule has 0 saturated heterocycles. The van der Waals surface area contributed by atoms with Crippen molar-refractivity contribution in [3.63, 3.8) is 0 Å². The third-order valence-corrected chi connectivity index (χ3v) is 6.95. The minimum Gasteiger partial charge on any atom is -0.207 e. The van der Waals surface area contributed by atoms with Gasteiger partial charge in [0.15, 0.2) is 0 Å². The molecule has 1 saturated carbocycles. The molecule has 2 aromatic rings. The van der Waals surface area contributed by atoms with E-state index in [4.69, 9.17) is 0 Å². The Morgan fingerprint density at radius 2 is 1.58 bits per heavy atom. The van der Waals surface area contributed by atoms with Gasteiger partial charge in [0.1, 0.15) is 0 Å². The van der Waals surface area contributed by atoms with Crippen LogP contribution in [0.2, 0.25) is 0 Å². The number of rotatable bonds is 6. The van der Waals surface area contributed by atoms with E-state index in [9.17, 15) is 8.42 Å². The summed E-state index contributed by atoms with van der Waals surface area (Å²) in [7, 11) is -3.51. The number of aryl methyl sites for hydroxylation is 1. The second-order valence-corrected chi connectivity index (χ2v) is 9.32. The van der Waals surface area contributed by atoms with Crippen LogP contribution in [0.1, 0.15) is 61.8 Å². The molecule has 0 bridgehead atoms. The zero-order chi connectivity index (χ0) is 18.6. The number of hydrogen-bond donors (Lipinski definition) is 1. The first kappa shape index (κ1) is 19.1. The maximum absolute atomic E-state index is 12.5. The number of sulfonamides is 1. The van der Waals surface area contributed by atoms with Crippen LogP contribution in [0.3, 0.4) is 0 Å². The molecule has 0 radical (unpaired) electrons. The minimum atomic E-state index is -3.51. The molecular weight excluding hydrogens is 342 g/mol. The Morgan fingerprint density at radius 1 is 0.962 bits per heavy atom. The van der Waals surface area contributed by atoms with Crippen molar-refractivity contribution in [2.75, 3.05) is 0 Å². The second-order valence-electron chi connectivity index (χ2n) is 7.61. The average Bonchev–Trinajstić information content (AvgIpc) is 2.63. The fraction of sp³-hybridized carbons (Fsp3) is 0.455. The van der Waals surface area contributed by atoms with Crippen molar-refractivity contribution in [1.82, 2.24) is 4.72 Å². The first-order chi connectivity index (χ1) is 12.4. The van der Waals surface area contributed by atoms with E-state index in [0.29, 0.717) is 4.90 Å². The first-order valence-corrected chi connectivity index (χ1v) is 11.1. The van der Waals surface area contributed by atoms with Crippen molar-refractivity contribution in [2.24, 2.45) is 5.92 Å². The second kappa shape index (κ2) is 8.36. The molecule has 0 aromatic heterocycles. The van der Waals surface area contributed by atoms with Gasteiger partial charge in [-0.3, -0.25) is 0 Å². The first-order valence-electron chi connectivity index (χ1n) is 9.62. The molecule has 0 aliphatic heterocycles. The lowest BCUT2D eigenvalue weighted by Crippen LogP contribution is -2.26. The minimum absolute atomic E-state index is 0.259. The van der Waals surface area contributed by atoms with E-state index >= 15 is 0 Å². The summed E-state index contributed by atoms with van der Waals surface area (Å²) < 4.78 is 27.9. The summed E-state index contributed by atoms with van der Waals surface area (Å²) in [4.78, 5) is 0.309. The highest BCUT2D eigenvalue weighted by Gasteiger charge is 2.18. The molecular formula is C22H29NO2S. The molecule has 26 heavy (non-hydrogen) atoms. The zero-order valence-electron chi connectivity index (χ0n) is 15.7. The Morgan fingerprint density at radius 3 is 2.19 bits per heavy atom. The summed E-state index contributed by atoms with van der Waals surface area (Å²) in [5.74, 6) is 0.812. The van der Waals surface area contributed by atoms with Crippen LogP contribution < -0.4 is 4.72 Å². The van der Waals surface area contributed by atoms with Gasteiger partial charge in [0.25, 0.3) is 0 Å². The highest BCUT2D eigenvalue weighted by molar-refractivity contribution is 7.89. The Hall–Kier alpha value is -1.65. The van der Waals surface area contributed by atoms with Crippen molar-refractivity contribution < 1.29 is 8.42 Å². The largest absolute Gasteiger partial charge is 0.241 e. The summed E-state index contributed by atoms with van der Waals surface area (Å²) in [5, 5.41) is 0. The molecule has 1 fully saturated rings. The van der Waals surface area contributed by atoms with Gasteiger partial charge in [-0.15, -0.1) is 0 Å². The smallest absolute Gasteiger partial charge is 0.207 e. The fourth-order valence-corrected chi connectivity index (χ4v) is 4.99. The molecule has 0 heterocycles. The maximum Gasteiger partial charge on any atom is 0.241 e. The van der Waals surface area contributed by atoms with Gasteiger partial charge < -0.3 is 0 Å². The zero-order valence-corrected chi connectivity index (χ0v) is 16.6. The number of nitrogens with one attached hydrogen (secondary N) is 1. The van der Waals surface area contributed by atoms with E-state index in [0.717, 1.165) is 23.5 Å². The van der Waals surface area contributed by atoms with E-state index < -0.39 is 10.0 Å². The van der Waals surface area contributed by atoms with Gasteiger partial charge in [-0.1, -0.05) is 74.1 Å². The molecule has 3 rings (SSSR count). The van der Waals surface area contributed by atoms with E-state index in [1.54, 1.807) is 12.1 Å². The molecule has 1 aliphatic rings. The normalized spacial score (nSPS) is 17.2. The standard InChI is InChI=1S/C22H29NO2S/c1-17-8-14-22(15-9-17)26(24,25)23-18(2)21-12-10-20(11-13-21)16-19-6-4-3-5-7-19/h8-15,18-19,23H,3-7,16H2,1-2H3. The van der Waals surface area contributed by atoms with E-state index in [1.807, 2.05) is 26.0 Å². The van der Waals surface area contributed by atoms with Gasteiger partial charge in [-0.2, -0.15) is 0 Å². The predicted molar refractivity (Wildman–Crippen MR) is 107 cm³/mol. The molecule has 140 valence electrons. The van der Waals surface area contributed by atoms with Crippen molar-refractivity contribution in [2.45, 2.75) is 63.3 Å². The quantitative estimate of drug-likeness (QED) is 0.762. The third-order valence-electron chi connectivity index (χ3n) is 5.39. The highest BCUT2D eigenvalue weighted by atomic mass is 32.2. The van der Waals surface area contributed by atoms with Crippen molar-refractivity contribution >= 4 is 10.0 Å². The molecule has 0 spiro atoms. The van der Waals surface area contributed by atoms with Crippen LogP contribution in [-0.4, -0.2) is 8.42 Å². The van der Waals surface area contributed by atoms with Gasteiger partial charge in [-0.05, 0) is 49.4 Å². The summed E-state index contributed by atoms with van der Waals surface area (Å²) in [6.45, 7) is 3.84. The molecule has 1 unspecified atom stereocenters. The topological polar surface area (TPSA) is 46.2 Å². The lowest BCUT2D eigenvalue weighted by atomic mass is 9.85. The van der Waals surface area contributed by atoms with Gasteiger partial charge in [0.2, 0.25) is 10.0 Å². The molecule has 2 aromatic carbocycles. The summed E-state index contributed by atoms with van der Waals surface area (Å²) >= 11 is 0. The van der Waals surface area contributed by atoms with Gasteiger partial charge >= 0.3 is 0 Å².